The van der Waals surface area contributed by atoms with Gasteiger partial charge in [0.1, 0.15) is 17.1 Å². The summed E-state index contributed by atoms with van der Waals surface area (Å²) in [6.45, 7) is 6.45. The Labute approximate surface area is 218 Å². The van der Waals surface area contributed by atoms with Gasteiger partial charge in [-0.3, -0.25) is 9.59 Å². The van der Waals surface area contributed by atoms with Crippen LogP contribution in [0.5, 0.6) is 0 Å². The predicted octanol–water partition coefficient (Wildman–Crippen LogP) is 4.38. The first-order valence-corrected chi connectivity index (χ1v) is 12.6. The van der Waals surface area contributed by atoms with Crippen molar-refractivity contribution in [3.8, 4) is 11.3 Å². The number of piperazine rings is 1. The Hall–Kier alpha value is -3.59. The van der Waals surface area contributed by atoms with Crippen molar-refractivity contribution in [3.63, 3.8) is 0 Å². The van der Waals surface area contributed by atoms with Crippen LogP contribution in [-0.4, -0.2) is 69.8 Å². The van der Waals surface area contributed by atoms with Crippen LogP contribution in [0.2, 0.25) is 0 Å². The topological polar surface area (TPSA) is 92.7 Å². The number of ether oxygens (including phenoxy) is 1. The number of hydrogen-bond acceptors (Lipinski definition) is 6. The zero-order valence-corrected chi connectivity index (χ0v) is 22.0. The Morgan fingerprint density at radius 2 is 1.78 bits per heavy atom. The molecule has 36 heavy (non-hydrogen) atoms. The molecule has 1 aromatic heterocycles. The summed E-state index contributed by atoms with van der Waals surface area (Å²) in [5.41, 5.74) is 1.71. The van der Waals surface area contributed by atoms with Crippen LogP contribution in [0.1, 0.15) is 50.9 Å². The average molecular weight is 551 g/mol. The number of rotatable bonds is 5. The second-order valence-corrected chi connectivity index (χ2v) is 9.45. The number of benzene rings is 2. The van der Waals surface area contributed by atoms with Gasteiger partial charge < -0.3 is 14.5 Å². The van der Waals surface area contributed by atoms with E-state index >= 15 is 0 Å². The second-order valence-electron chi connectivity index (χ2n) is 8.54. The Kier molecular flexibility index (Phi) is 7.79. The number of halogens is 1. The van der Waals surface area contributed by atoms with Crippen molar-refractivity contribution in [2.45, 2.75) is 26.8 Å². The molecule has 2 amide bonds. The van der Waals surface area contributed by atoms with Gasteiger partial charge in [0.25, 0.3) is 11.8 Å². The van der Waals surface area contributed by atoms with Crippen molar-refractivity contribution in [1.82, 2.24) is 19.8 Å². The summed E-state index contributed by atoms with van der Waals surface area (Å²) < 4.78 is 6.12. The molecule has 0 spiro atoms. The molecule has 0 aliphatic carbocycles. The first-order chi connectivity index (χ1) is 17.3. The number of aryl methyl sites for hydroxylation is 1. The Balaban J connectivity index is 1.64. The lowest BCUT2D eigenvalue weighted by Gasteiger charge is -2.40. The molecule has 1 unspecified atom stereocenters. The van der Waals surface area contributed by atoms with Gasteiger partial charge in [-0.25, -0.2) is 14.8 Å². The molecule has 4 rings (SSSR count). The number of amides is 2. The predicted molar refractivity (Wildman–Crippen MR) is 139 cm³/mol. The van der Waals surface area contributed by atoms with Gasteiger partial charge in [-0.1, -0.05) is 52.3 Å². The third-order valence-corrected chi connectivity index (χ3v) is 6.49. The highest BCUT2D eigenvalue weighted by Gasteiger charge is 2.34. The van der Waals surface area contributed by atoms with E-state index in [0.29, 0.717) is 42.3 Å². The van der Waals surface area contributed by atoms with Crippen LogP contribution in [-0.2, 0) is 4.74 Å². The minimum absolute atomic E-state index is 0.0127. The fourth-order valence-corrected chi connectivity index (χ4v) is 4.71. The highest BCUT2D eigenvalue weighted by atomic mass is 79.9. The number of hydrogen-bond donors (Lipinski definition) is 0. The Morgan fingerprint density at radius 3 is 2.44 bits per heavy atom. The molecule has 186 valence electrons. The van der Waals surface area contributed by atoms with Crippen molar-refractivity contribution in [1.29, 1.82) is 0 Å². The monoisotopic (exact) mass is 550 g/mol. The van der Waals surface area contributed by atoms with Crippen molar-refractivity contribution in [3.05, 3.63) is 81.7 Å². The van der Waals surface area contributed by atoms with Crippen molar-refractivity contribution >= 4 is 33.7 Å². The van der Waals surface area contributed by atoms with Gasteiger partial charge in [0, 0.05) is 41.3 Å². The van der Waals surface area contributed by atoms with E-state index in [1.165, 1.54) is 0 Å². The summed E-state index contributed by atoms with van der Waals surface area (Å²) in [6, 6.07) is 16.2. The van der Waals surface area contributed by atoms with Crippen LogP contribution in [0.25, 0.3) is 11.3 Å². The fourth-order valence-electron chi connectivity index (χ4n) is 4.31. The molecule has 2 aromatic carbocycles. The largest absolute Gasteiger partial charge is 0.462 e. The van der Waals surface area contributed by atoms with Crippen LogP contribution in [0.4, 0.5) is 0 Å². The standard InChI is InChI=1S/C27H27BrN4O4/c1-4-36-27(35)22-23(19-9-6-5-7-10-19)29-18(3)30-24(22)26(34)31-13-14-32(17(2)16-31)25(33)20-11-8-12-21(28)15-20/h5-12,15,17H,4,13-14,16H2,1-3H3. The van der Waals surface area contributed by atoms with E-state index in [1.807, 2.05) is 49.4 Å². The van der Waals surface area contributed by atoms with E-state index in [1.54, 1.807) is 35.8 Å². The van der Waals surface area contributed by atoms with Gasteiger partial charge >= 0.3 is 5.97 Å². The van der Waals surface area contributed by atoms with Crippen molar-refractivity contribution < 1.29 is 19.1 Å². The van der Waals surface area contributed by atoms with Crippen molar-refractivity contribution in [2.75, 3.05) is 26.2 Å². The summed E-state index contributed by atoms with van der Waals surface area (Å²) in [7, 11) is 0. The number of carbonyl (C=O) groups is 3. The molecule has 2 heterocycles. The number of carbonyl (C=O) groups excluding carboxylic acids is 3. The molecule has 0 radical (unpaired) electrons. The Morgan fingerprint density at radius 1 is 1.03 bits per heavy atom. The van der Waals surface area contributed by atoms with E-state index in [9.17, 15) is 14.4 Å². The number of aromatic nitrogens is 2. The van der Waals surface area contributed by atoms with Gasteiger partial charge in [0.05, 0.1) is 12.3 Å². The second kappa shape index (κ2) is 11.0. The van der Waals surface area contributed by atoms with E-state index in [-0.39, 0.29) is 35.7 Å². The van der Waals surface area contributed by atoms with Gasteiger partial charge in [-0.05, 0) is 39.0 Å². The quantitative estimate of drug-likeness (QED) is 0.437. The minimum atomic E-state index is -0.642. The molecule has 0 N–H and O–H groups in total. The third-order valence-electron chi connectivity index (χ3n) is 6.00. The molecular weight excluding hydrogens is 524 g/mol. The van der Waals surface area contributed by atoms with Crippen LogP contribution in [0.3, 0.4) is 0 Å². The Bertz CT molecular complexity index is 1300. The highest BCUT2D eigenvalue weighted by molar-refractivity contribution is 9.10. The zero-order chi connectivity index (χ0) is 25.8. The first-order valence-electron chi connectivity index (χ1n) is 11.8. The summed E-state index contributed by atoms with van der Waals surface area (Å²) in [6.07, 6.45) is 0. The molecule has 0 saturated carbocycles. The molecule has 1 fully saturated rings. The van der Waals surface area contributed by atoms with Crippen LogP contribution >= 0.6 is 15.9 Å². The van der Waals surface area contributed by atoms with Crippen molar-refractivity contribution in [2.24, 2.45) is 0 Å². The summed E-state index contributed by atoms with van der Waals surface area (Å²) in [5, 5.41) is 0. The zero-order valence-electron chi connectivity index (χ0n) is 20.4. The maximum Gasteiger partial charge on any atom is 0.342 e. The van der Waals surface area contributed by atoms with E-state index in [4.69, 9.17) is 4.74 Å². The lowest BCUT2D eigenvalue weighted by Crippen LogP contribution is -2.55. The van der Waals surface area contributed by atoms with E-state index in [2.05, 4.69) is 25.9 Å². The summed E-state index contributed by atoms with van der Waals surface area (Å²) in [5.74, 6) is -0.743. The third kappa shape index (κ3) is 5.31. The lowest BCUT2D eigenvalue weighted by molar-refractivity contribution is 0.0406. The normalized spacial score (nSPS) is 15.5. The molecule has 0 bridgehead atoms. The SMILES string of the molecule is CCOC(=O)c1c(C(=O)N2CCN(C(=O)c3cccc(Br)c3)C(C)C2)nc(C)nc1-c1ccccc1. The van der Waals surface area contributed by atoms with Crippen LogP contribution < -0.4 is 0 Å². The highest BCUT2D eigenvalue weighted by Crippen LogP contribution is 2.27. The molecule has 1 atom stereocenters. The van der Waals surface area contributed by atoms with Crippen LogP contribution in [0, 0.1) is 6.92 Å². The van der Waals surface area contributed by atoms with Gasteiger partial charge in [0.2, 0.25) is 0 Å². The molecule has 1 aliphatic rings. The van der Waals surface area contributed by atoms with Gasteiger partial charge in [-0.15, -0.1) is 0 Å². The van der Waals surface area contributed by atoms with Gasteiger partial charge in [0.15, 0.2) is 0 Å². The molecular formula is C27H27BrN4O4. The lowest BCUT2D eigenvalue weighted by atomic mass is 10.0. The first kappa shape index (κ1) is 25.5. The molecule has 3 aromatic rings. The molecule has 1 saturated heterocycles. The minimum Gasteiger partial charge on any atom is -0.462 e. The smallest absolute Gasteiger partial charge is 0.342 e. The maximum absolute atomic E-state index is 13.7. The van der Waals surface area contributed by atoms with Crippen LogP contribution in [0.15, 0.2) is 59.1 Å². The van der Waals surface area contributed by atoms with E-state index in [0.717, 1.165) is 4.47 Å². The molecule has 8 nitrogen and oxygen atoms in total. The molecule has 9 heteroatoms. The maximum atomic E-state index is 13.7. The summed E-state index contributed by atoms with van der Waals surface area (Å²) in [4.78, 5) is 52.1. The van der Waals surface area contributed by atoms with Gasteiger partial charge in [-0.2, -0.15) is 0 Å². The molecule has 1 aliphatic heterocycles. The summed E-state index contributed by atoms with van der Waals surface area (Å²) >= 11 is 3.41. The number of esters is 1. The number of nitrogens with zero attached hydrogens (tertiary/aromatic N) is 4. The fraction of sp³-hybridized carbons (Fsp3) is 0.296. The average Bonchev–Trinajstić information content (AvgIpc) is 2.88. The van der Waals surface area contributed by atoms with E-state index < -0.39 is 5.97 Å².